The van der Waals surface area contributed by atoms with Crippen LogP contribution in [-0.2, 0) is 0 Å². The predicted octanol–water partition coefficient (Wildman–Crippen LogP) is 1.44. The van der Waals surface area contributed by atoms with Gasteiger partial charge in [-0.25, -0.2) is 0 Å². The first kappa shape index (κ1) is 8.07. The summed E-state index contributed by atoms with van der Waals surface area (Å²) in [5.41, 5.74) is 5.82. The Morgan fingerprint density at radius 2 is 2.18 bits per heavy atom. The van der Waals surface area contributed by atoms with Gasteiger partial charge < -0.3 is 10.8 Å². The minimum atomic E-state index is -0.0168. The minimum Gasteiger partial charge on any atom is -0.508 e. The zero-order valence-corrected chi connectivity index (χ0v) is 7.22. The fraction of sp³-hybridized carbons (Fsp3) is 0. The third-order valence-electron chi connectivity index (χ3n) is 1.24. The molecular formula is C7H7BrN2O. The van der Waals surface area contributed by atoms with E-state index in [4.69, 9.17) is 16.2 Å². The standard InChI is InChI=1S/C7H7BrN2O/c8-6-3-4(11)1-2-5(6)7(9)10/h1-3,11H,(H3,9,10). The predicted molar refractivity (Wildman–Crippen MR) is 46.8 cm³/mol. The number of nitrogens with one attached hydrogen (secondary N) is 1. The lowest BCUT2D eigenvalue weighted by molar-refractivity contribution is 0.475. The molecule has 4 N–H and O–H groups in total. The molecule has 0 saturated heterocycles. The molecule has 0 aromatic heterocycles. The molecule has 0 fully saturated rings. The van der Waals surface area contributed by atoms with Crippen molar-refractivity contribution in [2.45, 2.75) is 0 Å². The maximum absolute atomic E-state index is 8.98. The highest BCUT2D eigenvalue weighted by Gasteiger charge is 2.02. The van der Waals surface area contributed by atoms with Gasteiger partial charge >= 0.3 is 0 Å². The fourth-order valence-corrected chi connectivity index (χ4v) is 1.30. The van der Waals surface area contributed by atoms with Gasteiger partial charge in [0, 0.05) is 10.0 Å². The van der Waals surface area contributed by atoms with Crippen LogP contribution in [0.1, 0.15) is 5.56 Å². The Bertz CT molecular complexity index is 298. The second kappa shape index (κ2) is 2.92. The molecule has 1 aromatic rings. The average Bonchev–Trinajstić information content (AvgIpc) is 1.85. The van der Waals surface area contributed by atoms with Crippen molar-refractivity contribution in [1.29, 1.82) is 5.41 Å². The van der Waals surface area contributed by atoms with E-state index in [2.05, 4.69) is 15.9 Å². The van der Waals surface area contributed by atoms with Crippen LogP contribution in [0.15, 0.2) is 22.7 Å². The summed E-state index contributed by atoms with van der Waals surface area (Å²) < 4.78 is 0.630. The molecule has 4 heteroatoms. The summed E-state index contributed by atoms with van der Waals surface area (Å²) in [6.45, 7) is 0. The highest BCUT2D eigenvalue weighted by atomic mass is 79.9. The number of benzene rings is 1. The van der Waals surface area contributed by atoms with E-state index in [1.54, 1.807) is 6.07 Å². The van der Waals surface area contributed by atoms with Gasteiger partial charge in [0.15, 0.2) is 0 Å². The molecule has 0 amide bonds. The van der Waals surface area contributed by atoms with Gasteiger partial charge in [-0.05, 0) is 34.1 Å². The summed E-state index contributed by atoms with van der Waals surface area (Å²) >= 11 is 3.17. The van der Waals surface area contributed by atoms with Gasteiger partial charge in [0.05, 0.1) is 0 Å². The molecule has 0 unspecified atom stereocenters. The van der Waals surface area contributed by atoms with Crippen LogP contribution in [0.25, 0.3) is 0 Å². The molecule has 0 bridgehead atoms. The third-order valence-corrected chi connectivity index (χ3v) is 1.90. The maximum Gasteiger partial charge on any atom is 0.123 e. The van der Waals surface area contributed by atoms with Crippen molar-refractivity contribution in [2.24, 2.45) is 5.73 Å². The van der Waals surface area contributed by atoms with Gasteiger partial charge in [0.2, 0.25) is 0 Å². The Morgan fingerprint density at radius 1 is 1.55 bits per heavy atom. The molecule has 0 aliphatic carbocycles. The summed E-state index contributed by atoms with van der Waals surface area (Å²) in [5, 5.41) is 16.1. The molecule has 0 aliphatic heterocycles. The number of rotatable bonds is 1. The van der Waals surface area contributed by atoms with E-state index in [1.807, 2.05) is 0 Å². The van der Waals surface area contributed by atoms with Gasteiger partial charge in [-0.3, -0.25) is 5.41 Å². The van der Waals surface area contributed by atoms with Crippen LogP contribution in [0.3, 0.4) is 0 Å². The average molecular weight is 215 g/mol. The van der Waals surface area contributed by atoms with Crippen molar-refractivity contribution < 1.29 is 5.11 Å². The highest BCUT2D eigenvalue weighted by molar-refractivity contribution is 9.10. The van der Waals surface area contributed by atoms with Crippen LogP contribution in [0.4, 0.5) is 0 Å². The van der Waals surface area contributed by atoms with E-state index in [1.165, 1.54) is 12.1 Å². The number of nitrogens with two attached hydrogens (primary N) is 1. The van der Waals surface area contributed by atoms with E-state index >= 15 is 0 Å². The molecule has 58 valence electrons. The van der Waals surface area contributed by atoms with Crippen LogP contribution in [0.2, 0.25) is 0 Å². The molecule has 0 spiro atoms. The number of aromatic hydroxyl groups is 1. The second-order valence-corrected chi connectivity index (χ2v) is 2.93. The van der Waals surface area contributed by atoms with Gasteiger partial charge in [0.1, 0.15) is 11.6 Å². The maximum atomic E-state index is 8.98. The fourth-order valence-electron chi connectivity index (χ4n) is 0.722. The van der Waals surface area contributed by atoms with E-state index < -0.39 is 0 Å². The quantitative estimate of drug-likeness (QED) is 0.490. The van der Waals surface area contributed by atoms with Crippen molar-refractivity contribution in [1.82, 2.24) is 0 Å². The molecular weight excluding hydrogens is 208 g/mol. The Morgan fingerprint density at radius 3 is 2.64 bits per heavy atom. The first-order valence-corrected chi connectivity index (χ1v) is 3.73. The number of hydrogen-bond acceptors (Lipinski definition) is 2. The zero-order chi connectivity index (χ0) is 8.43. The van der Waals surface area contributed by atoms with Gasteiger partial charge in [0.25, 0.3) is 0 Å². The third kappa shape index (κ3) is 1.71. The Kier molecular flexibility index (Phi) is 2.14. The van der Waals surface area contributed by atoms with Gasteiger partial charge in [-0.1, -0.05) is 0 Å². The number of nitrogen functional groups attached to an aromatic ring is 1. The van der Waals surface area contributed by atoms with Crippen molar-refractivity contribution in [2.75, 3.05) is 0 Å². The van der Waals surface area contributed by atoms with Crippen molar-refractivity contribution >= 4 is 21.8 Å². The molecule has 0 atom stereocenters. The van der Waals surface area contributed by atoms with Crippen molar-refractivity contribution in [3.8, 4) is 5.75 Å². The van der Waals surface area contributed by atoms with Crippen molar-refractivity contribution in [3.63, 3.8) is 0 Å². The zero-order valence-electron chi connectivity index (χ0n) is 5.63. The molecule has 11 heavy (non-hydrogen) atoms. The van der Waals surface area contributed by atoms with Crippen LogP contribution in [-0.4, -0.2) is 10.9 Å². The largest absolute Gasteiger partial charge is 0.508 e. The summed E-state index contributed by atoms with van der Waals surface area (Å²) in [5.74, 6) is 0.138. The summed E-state index contributed by atoms with van der Waals surface area (Å²) in [7, 11) is 0. The Balaban J connectivity index is 3.20. The number of amidine groups is 1. The molecule has 0 aliphatic rings. The monoisotopic (exact) mass is 214 g/mol. The van der Waals surface area contributed by atoms with Gasteiger partial charge in [-0.2, -0.15) is 0 Å². The van der Waals surface area contributed by atoms with Crippen LogP contribution < -0.4 is 5.73 Å². The lowest BCUT2D eigenvalue weighted by Crippen LogP contribution is -2.11. The summed E-state index contributed by atoms with van der Waals surface area (Å²) in [6, 6.07) is 4.57. The van der Waals surface area contributed by atoms with E-state index in [-0.39, 0.29) is 11.6 Å². The van der Waals surface area contributed by atoms with Crippen LogP contribution in [0.5, 0.6) is 5.75 Å². The SMILES string of the molecule is N=C(N)c1ccc(O)cc1Br. The number of hydrogen-bond donors (Lipinski definition) is 3. The number of phenolic OH excluding ortho intramolecular Hbond substituents is 1. The second-order valence-electron chi connectivity index (χ2n) is 2.08. The van der Waals surface area contributed by atoms with Crippen LogP contribution in [0, 0.1) is 5.41 Å². The van der Waals surface area contributed by atoms with Gasteiger partial charge in [-0.15, -0.1) is 0 Å². The normalized spacial score (nSPS) is 9.55. The number of halogens is 1. The van der Waals surface area contributed by atoms with Crippen LogP contribution >= 0.6 is 15.9 Å². The summed E-state index contributed by atoms with van der Waals surface area (Å²) in [4.78, 5) is 0. The molecule has 0 heterocycles. The molecule has 0 radical (unpaired) electrons. The Labute approximate surface area is 72.5 Å². The summed E-state index contributed by atoms with van der Waals surface area (Å²) in [6.07, 6.45) is 0. The minimum absolute atomic E-state index is 0.0168. The van der Waals surface area contributed by atoms with E-state index in [9.17, 15) is 0 Å². The molecule has 0 saturated carbocycles. The lowest BCUT2D eigenvalue weighted by atomic mass is 10.2. The highest BCUT2D eigenvalue weighted by Crippen LogP contribution is 2.21. The van der Waals surface area contributed by atoms with E-state index in [0.717, 1.165) is 0 Å². The lowest BCUT2D eigenvalue weighted by Gasteiger charge is -2.01. The van der Waals surface area contributed by atoms with E-state index in [0.29, 0.717) is 10.0 Å². The first-order chi connectivity index (χ1) is 5.11. The first-order valence-electron chi connectivity index (χ1n) is 2.94. The topological polar surface area (TPSA) is 70.1 Å². The molecule has 1 aromatic carbocycles. The Hall–Kier alpha value is -1.03. The number of phenols is 1. The molecule has 1 rings (SSSR count). The smallest absolute Gasteiger partial charge is 0.123 e. The van der Waals surface area contributed by atoms with Crippen molar-refractivity contribution in [3.05, 3.63) is 28.2 Å². The molecule has 3 nitrogen and oxygen atoms in total.